The van der Waals surface area contributed by atoms with E-state index >= 15 is 0 Å². The summed E-state index contributed by atoms with van der Waals surface area (Å²) in [6.07, 6.45) is 122. The van der Waals surface area contributed by atoms with E-state index in [1.807, 2.05) is 21.1 Å². The first kappa shape index (κ1) is 103. The molecule has 0 saturated heterocycles. The molecule has 0 saturated carbocycles. The minimum absolute atomic E-state index is 0.179. The Bertz CT molecular complexity index is 2140. The number of rotatable bonds is 86. The van der Waals surface area contributed by atoms with Crippen molar-refractivity contribution in [1.82, 2.24) is 0 Å². The molecule has 0 radical (unpaired) electrons. The number of hydrogen-bond donors (Lipinski definition) is 1. The van der Waals surface area contributed by atoms with E-state index in [-0.39, 0.29) is 38.2 Å². The van der Waals surface area contributed by atoms with E-state index < -0.39 is 18.4 Å². The lowest BCUT2D eigenvalue weighted by atomic mass is 10.0. The van der Waals surface area contributed by atoms with Crippen LogP contribution in [0.3, 0.4) is 0 Å². The fourth-order valence-corrected chi connectivity index (χ4v) is 13.6. The summed E-state index contributed by atoms with van der Waals surface area (Å²) in [5.41, 5.74) is 0. The molecule has 0 fully saturated rings. The molecule has 1 N–H and O–H groups in total. The summed E-state index contributed by atoms with van der Waals surface area (Å²) in [6, 6.07) is 0. The number of esters is 2. The molecule has 9 nitrogen and oxygen atoms in total. The smallest absolute Gasteiger partial charge is 0.361 e. The summed E-state index contributed by atoms with van der Waals surface area (Å²) in [4.78, 5) is 37.9. The average Bonchev–Trinajstić information content (AvgIpc) is 0.965. The van der Waals surface area contributed by atoms with Gasteiger partial charge in [-0.2, -0.15) is 0 Å². The molecule has 0 amide bonds. The number of nitrogens with zero attached hydrogens (tertiary/aromatic N) is 1. The van der Waals surface area contributed by atoms with Gasteiger partial charge in [0.1, 0.15) is 13.2 Å². The van der Waals surface area contributed by atoms with Crippen LogP contribution >= 0.6 is 0 Å². The monoisotopic (exact) mass is 1500 g/mol. The summed E-state index contributed by atoms with van der Waals surface area (Å²) in [5, 5.41) is 9.80. The predicted octanol–water partition coefficient (Wildman–Crippen LogP) is 30.4. The zero-order chi connectivity index (χ0) is 77.4. The number of aliphatic carboxylic acids is 1. The van der Waals surface area contributed by atoms with Gasteiger partial charge < -0.3 is 28.5 Å². The van der Waals surface area contributed by atoms with E-state index in [9.17, 15) is 19.5 Å². The van der Waals surface area contributed by atoms with E-state index in [0.717, 1.165) is 89.9 Å². The van der Waals surface area contributed by atoms with Gasteiger partial charge in [-0.15, -0.1) is 0 Å². The van der Waals surface area contributed by atoms with Crippen LogP contribution in [-0.4, -0.2) is 87.4 Å². The van der Waals surface area contributed by atoms with Crippen LogP contribution in [0, 0.1) is 0 Å². The van der Waals surface area contributed by atoms with Crippen molar-refractivity contribution < 1.29 is 42.9 Å². The fraction of sp³-hybridized carbons (Fsp3) is 0.786. The first-order valence-corrected chi connectivity index (χ1v) is 46.1. The largest absolute Gasteiger partial charge is 0.477 e. The molecule has 0 spiro atoms. The number of likely N-dealkylation sites (N-methyl/N-ethyl adjacent to an activating group) is 1. The normalized spacial score (nSPS) is 13.1. The molecule has 2 atom stereocenters. The van der Waals surface area contributed by atoms with Gasteiger partial charge in [0.15, 0.2) is 6.10 Å². The molecule has 0 aromatic carbocycles. The molecule has 0 aliphatic rings. The molecule has 0 aliphatic carbocycles. The molecule has 9 heteroatoms. The Morgan fingerprint density at radius 3 is 0.794 bits per heavy atom. The van der Waals surface area contributed by atoms with Crippen LogP contribution in [0.25, 0.3) is 0 Å². The van der Waals surface area contributed by atoms with E-state index in [1.165, 1.54) is 321 Å². The Morgan fingerprint density at radius 2 is 0.533 bits per heavy atom. The third-order valence-corrected chi connectivity index (χ3v) is 20.5. The van der Waals surface area contributed by atoms with Gasteiger partial charge in [-0.25, -0.2) is 4.79 Å². The van der Waals surface area contributed by atoms with Gasteiger partial charge in [0.05, 0.1) is 34.4 Å². The summed E-state index contributed by atoms with van der Waals surface area (Å²) in [6.45, 7) is 4.81. The number of allylic oxidation sites excluding steroid dienone is 18. The second-order valence-corrected chi connectivity index (χ2v) is 32.2. The number of unbranched alkanes of at least 4 members (excludes halogenated alkanes) is 53. The standard InChI is InChI=1S/C98H175NO8/c1-6-8-10-12-14-16-18-20-22-24-26-28-30-32-34-36-38-40-42-44-46-48-50-52-54-56-58-60-62-64-66-68-70-72-74-76-78-80-82-84-86-88-95(100)105-92-94(93-106-98(97(102)103)104-91-90-99(3,4)5)107-96(101)89-87-85-83-81-79-77-75-73-71-69-67-65-63-61-59-57-55-53-51-49-47-45-43-41-39-37-35-33-31-29-27-25-23-21-19-17-15-13-11-9-7-2/h9,11,15,17-18,20-21,23-24,26-27,29,33,35,39,41,45,47,94,98H,6-8,10,12-14,16,19,22,25,28,30-32,34,36-38,40,42-44,46,48-93H2,1-5H3/p+1/b11-9-,17-15-,20-18-,23-21-,26-24-,29-27-,35-33-,41-39-,47-45-. The van der Waals surface area contributed by atoms with Crippen LogP contribution in [-0.2, 0) is 33.3 Å². The van der Waals surface area contributed by atoms with Gasteiger partial charge in [-0.3, -0.25) is 9.59 Å². The predicted molar refractivity (Wildman–Crippen MR) is 465 cm³/mol. The molecule has 620 valence electrons. The molecule has 2 unspecified atom stereocenters. The zero-order valence-corrected chi connectivity index (χ0v) is 71.3. The summed E-state index contributed by atoms with van der Waals surface area (Å²) >= 11 is 0. The highest BCUT2D eigenvalue weighted by atomic mass is 16.7. The van der Waals surface area contributed by atoms with Gasteiger partial charge in [0.2, 0.25) is 0 Å². The van der Waals surface area contributed by atoms with Crippen molar-refractivity contribution >= 4 is 17.9 Å². The fourth-order valence-electron chi connectivity index (χ4n) is 13.6. The third-order valence-electron chi connectivity index (χ3n) is 20.5. The van der Waals surface area contributed by atoms with E-state index in [1.54, 1.807) is 0 Å². The Balaban J connectivity index is 3.91. The molecule has 0 rings (SSSR count). The van der Waals surface area contributed by atoms with Crippen LogP contribution in [0.4, 0.5) is 0 Å². The van der Waals surface area contributed by atoms with E-state index in [2.05, 4.69) is 123 Å². The van der Waals surface area contributed by atoms with Crippen molar-refractivity contribution in [2.45, 2.75) is 450 Å². The molecule has 107 heavy (non-hydrogen) atoms. The molecule has 0 aromatic rings. The molecule has 0 aromatic heterocycles. The molecule has 0 aliphatic heterocycles. The number of quaternary nitrogens is 1. The first-order chi connectivity index (χ1) is 52.6. The number of carbonyl (C=O) groups is 3. The van der Waals surface area contributed by atoms with Crippen molar-refractivity contribution in [1.29, 1.82) is 0 Å². The van der Waals surface area contributed by atoms with Gasteiger partial charge in [0, 0.05) is 12.8 Å². The number of hydrogen-bond acceptors (Lipinski definition) is 7. The molecule has 0 bridgehead atoms. The number of carboxylic acid groups (broad SMARTS) is 1. The van der Waals surface area contributed by atoms with Gasteiger partial charge in [-0.1, -0.05) is 431 Å². The molecule has 0 heterocycles. The third kappa shape index (κ3) is 89.0. The van der Waals surface area contributed by atoms with Crippen LogP contribution in [0.15, 0.2) is 109 Å². The summed E-state index contributed by atoms with van der Waals surface area (Å²) in [7, 11) is 6.00. The number of ether oxygens (including phenoxy) is 4. The maximum Gasteiger partial charge on any atom is 0.361 e. The van der Waals surface area contributed by atoms with Gasteiger partial charge >= 0.3 is 17.9 Å². The highest BCUT2D eigenvalue weighted by Crippen LogP contribution is 2.20. The number of carbonyl (C=O) groups excluding carboxylic acids is 2. The van der Waals surface area contributed by atoms with Crippen LogP contribution in [0.1, 0.15) is 438 Å². The maximum absolute atomic E-state index is 13.0. The highest BCUT2D eigenvalue weighted by molar-refractivity contribution is 5.71. The average molecular weight is 1500 g/mol. The van der Waals surface area contributed by atoms with Gasteiger partial charge in [0.25, 0.3) is 6.29 Å². The van der Waals surface area contributed by atoms with Crippen LogP contribution < -0.4 is 0 Å². The van der Waals surface area contributed by atoms with Crippen LogP contribution in [0.5, 0.6) is 0 Å². The minimum Gasteiger partial charge on any atom is -0.477 e. The van der Waals surface area contributed by atoms with Crippen molar-refractivity contribution in [3.05, 3.63) is 109 Å². The zero-order valence-electron chi connectivity index (χ0n) is 71.3. The van der Waals surface area contributed by atoms with Crippen LogP contribution in [0.2, 0.25) is 0 Å². The SMILES string of the molecule is CC/C=C\C/C=C\C/C=C\C/C=C\C/C=C\C/C=C\C/C=C\CCCCCCCCCCCCCCCCCCCCCC(=O)OC(COC(=O)CCCCCCCCCCCCCCCCCCCCCCCCCCCCCCC/C=C\C/C=C\CCCCCCC)COC(OCC[N+](C)(C)C)C(=O)O. The molecular formula is C98H176NO8+. The minimum atomic E-state index is -1.51. The Labute approximate surface area is 664 Å². The molecular weight excluding hydrogens is 1320 g/mol. The summed E-state index contributed by atoms with van der Waals surface area (Å²) < 4.78 is 23.1. The Kier molecular flexibility index (Phi) is 84.2. The second-order valence-electron chi connectivity index (χ2n) is 32.2. The lowest BCUT2D eigenvalue weighted by Crippen LogP contribution is -2.40. The first-order valence-electron chi connectivity index (χ1n) is 46.1. The van der Waals surface area contributed by atoms with Crippen molar-refractivity contribution in [3.8, 4) is 0 Å². The Hall–Kier alpha value is -4.05. The van der Waals surface area contributed by atoms with E-state index in [4.69, 9.17) is 18.9 Å². The van der Waals surface area contributed by atoms with Crippen molar-refractivity contribution in [2.75, 3.05) is 47.5 Å². The Morgan fingerprint density at radius 1 is 0.290 bits per heavy atom. The van der Waals surface area contributed by atoms with Crippen molar-refractivity contribution in [3.63, 3.8) is 0 Å². The quantitative estimate of drug-likeness (QED) is 0.0211. The van der Waals surface area contributed by atoms with Crippen molar-refractivity contribution in [2.24, 2.45) is 0 Å². The second kappa shape index (κ2) is 87.5. The highest BCUT2D eigenvalue weighted by Gasteiger charge is 2.25. The topological polar surface area (TPSA) is 108 Å². The summed E-state index contributed by atoms with van der Waals surface area (Å²) in [5.74, 6) is -1.98. The number of carboxylic acids is 1. The maximum atomic E-state index is 13.0. The lowest BCUT2D eigenvalue weighted by molar-refractivity contribution is -0.870. The van der Waals surface area contributed by atoms with Gasteiger partial charge in [-0.05, 0) is 103 Å². The van der Waals surface area contributed by atoms with E-state index in [0.29, 0.717) is 17.4 Å². The lowest BCUT2D eigenvalue weighted by Gasteiger charge is -2.25.